The van der Waals surface area contributed by atoms with Crippen molar-refractivity contribution in [2.45, 2.75) is 36.7 Å². The number of hydrogen-bond acceptors (Lipinski definition) is 4. The first-order valence-corrected chi connectivity index (χ1v) is 10.2. The Hall–Kier alpha value is -1.01. The minimum Gasteiger partial charge on any atom is -0.325 e. The molecular weight excluding hydrogens is 306 g/mol. The van der Waals surface area contributed by atoms with E-state index in [2.05, 4.69) is 5.32 Å². The molecule has 0 aliphatic heterocycles. The highest BCUT2D eigenvalue weighted by molar-refractivity contribution is 7.97. The molecule has 0 spiro atoms. The zero-order valence-electron chi connectivity index (χ0n) is 12.2. The van der Waals surface area contributed by atoms with Crippen LogP contribution in [0.4, 0.5) is 5.69 Å². The Balaban J connectivity index is 1.91. The van der Waals surface area contributed by atoms with Crippen LogP contribution in [0, 0.1) is 0 Å². The van der Waals surface area contributed by atoms with Crippen molar-refractivity contribution in [2.75, 3.05) is 17.3 Å². The number of thioether (sulfide) groups is 1. The summed E-state index contributed by atoms with van der Waals surface area (Å²) >= 11 is 1.73. The molecule has 2 rings (SSSR count). The van der Waals surface area contributed by atoms with Crippen LogP contribution in [0.5, 0.6) is 0 Å². The summed E-state index contributed by atoms with van der Waals surface area (Å²) in [6.07, 6.45) is 5.31. The molecule has 21 heavy (non-hydrogen) atoms. The Morgan fingerprint density at radius 1 is 1.24 bits per heavy atom. The number of carbonyl (C=O) groups is 1. The third-order valence-electron chi connectivity index (χ3n) is 3.69. The average molecular weight is 327 g/mol. The van der Waals surface area contributed by atoms with Gasteiger partial charge in [-0.1, -0.05) is 25.0 Å². The van der Waals surface area contributed by atoms with Crippen molar-refractivity contribution in [3.8, 4) is 0 Å². The predicted octanol–water partition coefficient (Wildman–Crippen LogP) is 2.85. The van der Waals surface area contributed by atoms with Gasteiger partial charge in [-0.05, 0) is 36.8 Å². The zero-order valence-corrected chi connectivity index (χ0v) is 13.8. The molecule has 0 heterocycles. The lowest BCUT2D eigenvalue weighted by atomic mass is 10.2. The SMILES string of the molecule is CSCc1ccc(NC(=O)CS(=O)(=O)C2CCCC2)cc1. The number of amides is 1. The molecule has 1 aromatic rings. The van der Waals surface area contributed by atoms with Gasteiger partial charge in [0.25, 0.3) is 0 Å². The highest BCUT2D eigenvalue weighted by Crippen LogP contribution is 2.25. The maximum Gasteiger partial charge on any atom is 0.239 e. The van der Waals surface area contributed by atoms with E-state index in [1.807, 2.05) is 30.5 Å². The summed E-state index contributed by atoms with van der Waals surface area (Å²) in [7, 11) is -3.31. The molecule has 6 heteroatoms. The standard InChI is InChI=1S/C15H21NO3S2/c1-20-10-12-6-8-13(9-7-12)16-15(17)11-21(18,19)14-4-2-3-5-14/h6-9,14H,2-5,10-11H2,1H3,(H,16,17). The molecule has 1 aromatic carbocycles. The van der Waals surface area contributed by atoms with Crippen LogP contribution in [0.15, 0.2) is 24.3 Å². The van der Waals surface area contributed by atoms with Gasteiger partial charge in [-0.3, -0.25) is 4.79 Å². The second-order valence-electron chi connectivity index (χ2n) is 5.39. The summed E-state index contributed by atoms with van der Waals surface area (Å²) in [4.78, 5) is 11.9. The zero-order chi connectivity index (χ0) is 15.3. The number of nitrogens with one attached hydrogen (secondary N) is 1. The first kappa shape index (κ1) is 16.4. The number of sulfone groups is 1. The highest BCUT2D eigenvalue weighted by atomic mass is 32.2. The van der Waals surface area contributed by atoms with Crippen LogP contribution in [0.2, 0.25) is 0 Å². The van der Waals surface area contributed by atoms with Crippen LogP contribution < -0.4 is 5.32 Å². The van der Waals surface area contributed by atoms with Gasteiger partial charge in [0.15, 0.2) is 9.84 Å². The normalized spacial score (nSPS) is 16.0. The molecule has 0 unspecified atom stereocenters. The quantitative estimate of drug-likeness (QED) is 0.872. The van der Waals surface area contributed by atoms with E-state index in [1.165, 1.54) is 5.56 Å². The van der Waals surface area contributed by atoms with Crippen molar-refractivity contribution in [1.29, 1.82) is 0 Å². The van der Waals surface area contributed by atoms with E-state index in [9.17, 15) is 13.2 Å². The maximum absolute atomic E-state index is 12.1. The minimum absolute atomic E-state index is 0.327. The van der Waals surface area contributed by atoms with Gasteiger partial charge in [-0.15, -0.1) is 0 Å². The Labute approximate surface area is 130 Å². The molecule has 1 saturated carbocycles. The van der Waals surface area contributed by atoms with Crippen LogP contribution in [0.1, 0.15) is 31.2 Å². The van der Waals surface area contributed by atoms with E-state index >= 15 is 0 Å². The Morgan fingerprint density at radius 3 is 2.43 bits per heavy atom. The predicted molar refractivity (Wildman–Crippen MR) is 88.3 cm³/mol. The minimum atomic E-state index is -3.31. The Morgan fingerprint density at radius 2 is 1.86 bits per heavy atom. The van der Waals surface area contributed by atoms with Gasteiger partial charge < -0.3 is 5.32 Å². The van der Waals surface area contributed by atoms with Gasteiger partial charge in [0.2, 0.25) is 5.91 Å². The van der Waals surface area contributed by atoms with Gasteiger partial charge in [0.1, 0.15) is 5.75 Å². The van der Waals surface area contributed by atoms with Gasteiger partial charge in [0, 0.05) is 11.4 Å². The summed E-state index contributed by atoms with van der Waals surface area (Å²) in [5.41, 5.74) is 1.82. The lowest BCUT2D eigenvalue weighted by molar-refractivity contribution is -0.113. The van der Waals surface area contributed by atoms with Crippen LogP contribution >= 0.6 is 11.8 Å². The molecule has 0 saturated heterocycles. The number of carbonyl (C=O) groups excluding carboxylic acids is 1. The van der Waals surface area contributed by atoms with Crippen molar-refractivity contribution >= 4 is 33.2 Å². The summed E-state index contributed by atoms with van der Waals surface area (Å²) < 4.78 is 24.2. The van der Waals surface area contributed by atoms with Crippen LogP contribution in [-0.4, -0.2) is 31.6 Å². The monoisotopic (exact) mass is 327 g/mol. The van der Waals surface area contributed by atoms with Crippen LogP contribution in [0.25, 0.3) is 0 Å². The van der Waals surface area contributed by atoms with E-state index in [0.717, 1.165) is 18.6 Å². The molecule has 1 fully saturated rings. The summed E-state index contributed by atoms with van der Waals surface area (Å²) in [6.45, 7) is 0. The molecular formula is C15H21NO3S2. The fourth-order valence-electron chi connectivity index (χ4n) is 2.60. The van der Waals surface area contributed by atoms with E-state index in [1.54, 1.807) is 11.8 Å². The van der Waals surface area contributed by atoms with Gasteiger partial charge in [0.05, 0.1) is 5.25 Å². The van der Waals surface area contributed by atoms with E-state index in [-0.39, 0.29) is 5.25 Å². The van der Waals surface area contributed by atoms with Crippen molar-refractivity contribution in [3.05, 3.63) is 29.8 Å². The highest BCUT2D eigenvalue weighted by Gasteiger charge is 2.30. The Bertz CT molecular complexity index is 575. The molecule has 1 aliphatic carbocycles. The van der Waals surface area contributed by atoms with Gasteiger partial charge in [-0.25, -0.2) is 8.42 Å². The lowest BCUT2D eigenvalue weighted by Crippen LogP contribution is -2.29. The summed E-state index contributed by atoms with van der Waals surface area (Å²) in [6, 6.07) is 7.51. The fourth-order valence-corrected chi connectivity index (χ4v) is 4.85. The lowest BCUT2D eigenvalue weighted by Gasteiger charge is -2.11. The third-order valence-corrected chi connectivity index (χ3v) is 6.46. The first-order chi connectivity index (χ1) is 10.0. The van der Waals surface area contributed by atoms with Crippen molar-refractivity contribution in [3.63, 3.8) is 0 Å². The smallest absolute Gasteiger partial charge is 0.239 e. The van der Waals surface area contributed by atoms with Crippen molar-refractivity contribution < 1.29 is 13.2 Å². The summed E-state index contributed by atoms with van der Waals surface area (Å²) in [5, 5.41) is 2.34. The second-order valence-corrected chi connectivity index (χ2v) is 8.54. The average Bonchev–Trinajstić information content (AvgIpc) is 2.95. The van der Waals surface area contributed by atoms with E-state index in [0.29, 0.717) is 18.5 Å². The van der Waals surface area contributed by atoms with E-state index in [4.69, 9.17) is 0 Å². The molecule has 4 nitrogen and oxygen atoms in total. The molecule has 116 valence electrons. The molecule has 1 amide bonds. The molecule has 0 bridgehead atoms. The largest absolute Gasteiger partial charge is 0.325 e. The topological polar surface area (TPSA) is 63.2 Å². The third kappa shape index (κ3) is 4.74. The van der Waals surface area contributed by atoms with Crippen molar-refractivity contribution in [1.82, 2.24) is 0 Å². The first-order valence-electron chi connectivity index (χ1n) is 7.10. The summed E-state index contributed by atoms with van der Waals surface area (Å²) in [5.74, 6) is 0.0636. The number of hydrogen-bond donors (Lipinski definition) is 1. The van der Waals surface area contributed by atoms with Gasteiger partial charge in [-0.2, -0.15) is 11.8 Å². The number of anilines is 1. The van der Waals surface area contributed by atoms with E-state index < -0.39 is 21.5 Å². The molecule has 1 aliphatic rings. The fraction of sp³-hybridized carbons (Fsp3) is 0.533. The van der Waals surface area contributed by atoms with Crippen LogP contribution in [0.3, 0.4) is 0 Å². The molecule has 0 atom stereocenters. The molecule has 0 aromatic heterocycles. The molecule has 0 radical (unpaired) electrons. The molecule has 1 N–H and O–H groups in total. The van der Waals surface area contributed by atoms with Gasteiger partial charge >= 0.3 is 0 Å². The number of benzene rings is 1. The number of rotatable bonds is 6. The Kier molecular flexibility index (Phi) is 5.70. The maximum atomic E-state index is 12.1. The van der Waals surface area contributed by atoms with Crippen LogP contribution in [-0.2, 0) is 20.4 Å². The second kappa shape index (κ2) is 7.31. The van der Waals surface area contributed by atoms with Crippen molar-refractivity contribution in [2.24, 2.45) is 0 Å².